The van der Waals surface area contributed by atoms with Crippen LogP contribution in [0.2, 0.25) is 0 Å². The van der Waals surface area contributed by atoms with Gasteiger partial charge in [-0.25, -0.2) is 19.0 Å². The molecular formula is C21H22FN7. The highest BCUT2D eigenvalue weighted by Crippen LogP contribution is 2.33. The lowest BCUT2D eigenvalue weighted by Gasteiger charge is -2.11. The van der Waals surface area contributed by atoms with Crippen LogP contribution in [0.5, 0.6) is 0 Å². The molecule has 0 saturated carbocycles. The quantitative estimate of drug-likeness (QED) is 0.554. The summed E-state index contributed by atoms with van der Waals surface area (Å²) in [7, 11) is 1.87. The predicted octanol–water partition coefficient (Wildman–Crippen LogP) is 4.12. The van der Waals surface area contributed by atoms with E-state index in [1.54, 1.807) is 21.5 Å². The van der Waals surface area contributed by atoms with Gasteiger partial charge in [-0.1, -0.05) is 19.1 Å². The number of aryl methyl sites for hydroxylation is 4. The molecule has 0 bridgehead atoms. The number of hydrogen-bond acceptors (Lipinski definition) is 5. The molecule has 148 valence electrons. The van der Waals surface area contributed by atoms with Crippen molar-refractivity contribution in [2.24, 2.45) is 7.05 Å². The van der Waals surface area contributed by atoms with Gasteiger partial charge in [-0.15, -0.1) is 0 Å². The maximum absolute atomic E-state index is 13.4. The molecule has 0 saturated heterocycles. The third kappa shape index (κ3) is 3.61. The first kappa shape index (κ1) is 18.8. The van der Waals surface area contributed by atoms with Crippen molar-refractivity contribution in [3.8, 4) is 16.9 Å². The van der Waals surface area contributed by atoms with E-state index in [1.165, 1.54) is 18.5 Å². The Kier molecular flexibility index (Phi) is 4.84. The van der Waals surface area contributed by atoms with Crippen molar-refractivity contribution < 1.29 is 4.39 Å². The minimum atomic E-state index is -0.268. The van der Waals surface area contributed by atoms with Crippen LogP contribution < -0.4 is 5.32 Å². The minimum Gasteiger partial charge on any atom is -0.324 e. The zero-order valence-electron chi connectivity index (χ0n) is 16.8. The summed E-state index contributed by atoms with van der Waals surface area (Å²) in [4.78, 5) is 8.70. The minimum absolute atomic E-state index is 0.268. The molecule has 29 heavy (non-hydrogen) atoms. The van der Waals surface area contributed by atoms with Gasteiger partial charge in [0.2, 0.25) is 0 Å². The summed E-state index contributed by atoms with van der Waals surface area (Å²) in [6.45, 7) is 5.97. The third-order valence-corrected chi connectivity index (χ3v) is 4.71. The highest BCUT2D eigenvalue weighted by atomic mass is 19.1. The molecule has 0 radical (unpaired) electrons. The maximum atomic E-state index is 13.4. The van der Waals surface area contributed by atoms with E-state index in [2.05, 4.69) is 25.5 Å². The van der Waals surface area contributed by atoms with Gasteiger partial charge in [-0.05, 0) is 44.0 Å². The molecule has 7 nitrogen and oxygen atoms in total. The van der Waals surface area contributed by atoms with Crippen LogP contribution in [0.3, 0.4) is 0 Å². The first-order valence-corrected chi connectivity index (χ1v) is 9.40. The monoisotopic (exact) mass is 391 g/mol. The molecule has 0 fully saturated rings. The van der Waals surface area contributed by atoms with Crippen LogP contribution in [0.1, 0.15) is 24.0 Å². The molecule has 3 aromatic heterocycles. The van der Waals surface area contributed by atoms with Gasteiger partial charge in [-0.3, -0.25) is 4.68 Å². The molecule has 3 heterocycles. The second kappa shape index (κ2) is 7.46. The normalized spacial score (nSPS) is 11.1. The summed E-state index contributed by atoms with van der Waals surface area (Å²) in [6.07, 6.45) is 2.26. The van der Waals surface area contributed by atoms with Gasteiger partial charge in [0, 0.05) is 24.4 Å². The summed E-state index contributed by atoms with van der Waals surface area (Å²) < 4.78 is 17.0. The number of halogens is 1. The Morgan fingerprint density at radius 2 is 1.79 bits per heavy atom. The second-order valence-corrected chi connectivity index (χ2v) is 6.88. The molecule has 0 aliphatic carbocycles. The van der Waals surface area contributed by atoms with E-state index in [0.29, 0.717) is 11.6 Å². The molecule has 1 N–H and O–H groups in total. The number of nitrogens with one attached hydrogen (secondary N) is 1. The lowest BCUT2D eigenvalue weighted by Crippen LogP contribution is -2.06. The summed E-state index contributed by atoms with van der Waals surface area (Å²) in [6, 6.07) is 10.3. The zero-order valence-corrected chi connectivity index (χ0v) is 16.8. The Labute approximate surface area is 168 Å². The fourth-order valence-corrected chi connectivity index (χ4v) is 3.40. The highest BCUT2D eigenvalue weighted by Gasteiger charge is 2.18. The fourth-order valence-electron chi connectivity index (χ4n) is 3.40. The lowest BCUT2D eigenvalue weighted by molar-refractivity contribution is 0.628. The van der Waals surface area contributed by atoms with Crippen LogP contribution in [-0.2, 0) is 13.5 Å². The van der Waals surface area contributed by atoms with Crippen LogP contribution in [-0.4, -0.2) is 29.5 Å². The molecule has 0 aliphatic rings. The molecule has 0 spiro atoms. The van der Waals surface area contributed by atoms with Crippen molar-refractivity contribution in [1.82, 2.24) is 29.5 Å². The first-order chi connectivity index (χ1) is 14.0. The number of nitrogens with zero attached hydrogens (tertiary/aromatic N) is 6. The molecular weight excluding hydrogens is 369 g/mol. The SMILES string of the molecule is CCc1nn(C)c(Nc2cc(-n3nc(C)cc3C)ncn2)c1-c1ccc(F)cc1. The maximum Gasteiger partial charge on any atom is 0.159 e. The second-order valence-electron chi connectivity index (χ2n) is 6.88. The van der Waals surface area contributed by atoms with Gasteiger partial charge in [0.25, 0.3) is 0 Å². The number of benzene rings is 1. The van der Waals surface area contributed by atoms with Gasteiger partial charge in [0.05, 0.1) is 11.4 Å². The molecule has 1 aromatic carbocycles. The van der Waals surface area contributed by atoms with Crippen molar-refractivity contribution in [3.63, 3.8) is 0 Å². The van der Waals surface area contributed by atoms with Crippen LogP contribution >= 0.6 is 0 Å². The van der Waals surface area contributed by atoms with E-state index in [4.69, 9.17) is 0 Å². The fraction of sp³-hybridized carbons (Fsp3) is 0.238. The highest BCUT2D eigenvalue weighted by molar-refractivity contribution is 5.80. The lowest BCUT2D eigenvalue weighted by atomic mass is 10.0. The third-order valence-electron chi connectivity index (χ3n) is 4.71. The summed E-state index contributed by atoms with van der Waals surface area (Å²) >= 11 is 0. The molecule has 8 heteroatoms. The molecule has 0 aliphatic heterocycles. The van der Waals surface area contributed by atoms with Crippen molar-refractivity contribution in [2.45, 2.75) is 27.2 Å². The number of aromatic nitrogens is 6. The summed E-state index contributed by atoms with van der Waals surface area (Å²) in [5.41, 5.74) is 4.67. The molecule has 4 rings (SSSR count). The Balaban J connectivity index is 1.75. The van der Waals surface area contributed by atoms with Gasteiger partial charge >= 0.3 is 0 Å². The average Bonchev–Trinajstić information content (AvgIpc) is 3.21. The van der Waals surface area contributed by atoms with Gasteiger partial charge in [-0.2, -0.15) is 10.2 Å². The van der Waals surface area contributed by atoms with E-state index < -0.39 is 0 Å². The topological polar surface area (TPSA) is 73.5 Å². The number of anilines is 2. The molecule has 4 aromatic rings. The molecule has 0 atom stereocenters. The smallest absolute Gasteiger partial charge is 0.159 e. The number of rotatable bonds is 5. The number of hydrogen-bond donors (Lipinski definition) is 1. The standard InChI is InChI=1S/C21H22FN7/c1-5-17-20(15-6-8-16(22)9-7-15)21(28(4)27-17)25-18-11-19(24-12-23-18)29-14(3)10-13(2)26-29/h6-12H,5H2,1-4H3,(H,23,24,25). The van der Waals surface area contributed by atoms with Crippen LogP contribution in [0.15, 0.2) is 42.7 Å². The Morgan fingerprint density at radius 1 is 1.03 bits per heavy atom. The van der Waals surface area contributed by atoms with E-state index >= 15 is 0 Å². The van der Waals surface area contributed by atoms with E-state index in [0.717, 1.165) is 40.4 Å². The van der Waals surface area contributed by atoms with Crippen molar-refractivity contribution >= 4 is 11.6 Å². The summed E-state index contributed by atoms with van der Waals surface area (Å²) in [5, 5.41) is 12.5. The van der Waals surface area contributed by atoms with Crippen LogP contribution in [0, 0.1) is 19.7 Å². The predicted molar refractivity (Wildman–Crippen MR) is 110 cm³/mol. The average molecular weight is 391 g/mol. The Morgan fingerprint density at radius 3 is 2.45 bits per heavy atom. The van der Waals surface area contributed by atoms with Crippen molar-refractivity contribution in [2.75, 3.05) is 5.32 Å². The molecule has 0 amide bonds. The Hall–Kier alpha value is -3.55. The van der Waals surface area contributed by atoms with Crippen LogP contribution in [0.25, 0.3) is 16.9 Å². The first-order valence-electron chi connectivity index (χ1n) is 9.40. The van der Waals surface area contributed by atoms with Crippen molar-refractivity contribution in [1.29, 1.82) is 0 Å². The largest absolute Gasteiger partial charge is 0.324 e. The van der Waals surface area contributed by atoms with E-state index in [9.17, 15) is 4.39 Å². The van der Waals surface area contributed by atoms with Crippen molar-refractivity contribution in [3.05, 3.63) is 65.6 Å². The van der Waals surface area contributed by atoms with E-state index in [1.807, 2.05) is 40.0 Å². The van der Waals surface area contributed by atoms with Gasteiger partial charge in [0.1, 0.15) is 23.8 Å². The van der Waals surface area contributed by atoms with Crippen LogP contribution in [0.4, 0.5) is 16.0 Å². The van der Waals surface area contributed by atoms with E-state index in [-0.39, 0.29) is 5.82 Å². The zero-order chi connectivity index (χ0) is 20.5. The van der Waals surface area contributed by atoms with Gasteiger partial charge in [0.15, 0.2) is 5.82 Å². The van der Waals surface area contributed by atoms with Gasteiger partial charge < -0.3 is 5.32 Å². The summed E-state index contributed by atoms with van der Waals surface area (Å²) in [5.74, 6) is 1.81. The Bertz CT molecular complexity index is 1160. The molecule has 0 unspecified atom stereocenters.